The van der Waals surface area contributed by atoms with Crippen molar-refractivity contribution in [2.24, 2.45) is 10.9 Å². The van der Waals surface area contributed by atoms with Crippen molar-refractivity contribution in [3.05, 3.63) is 0 Å². The highest BCUT2D eigenvalue weighted by Gasteiger charge is 2.02. The highest BCUT2D eigenvalue weighted by Crippen LogP contribution is 1.84. The number of hydrogen-bond acceptors (Lipinski definition) is 3. The number of oxime groups is 1. The van der Waals surface area contributed by atoms with Gasteiger partial charge in [-0.3, -0.25) is 4.79 Å². The van der Waals surface area contributed by atoms with Crippen LogP contribution in [0.3, 0.4) is 0 Å². The number of amides is 1. The molecule has 0 aliphatic heterocycles. The lowest BCUT2D eigenvalue weighted by Gasteiger charge is -1.93. The van der Waals surface area contributed by atoms with E-state index in [1.807, 2.05) is 0 Å². The Balaban J connectivity index is 3.98. The van der Waals surface area contributed by atoms with Crippen molar-refractivity contribution in [1.29, 1.82) is 0 Å². The summed E-state index contributed by atoms with van der Waals surface area (Å²) >= 11 is 0. The Morgan fingerprint density at radius 3 is 2.44 bits per heavy atom. The van der Waals surface area contributed by atoms with E-state index in [1.165, 1.54) is 7.11 Å². The molecule has 9 heavy (non-hydrogen) atoms. The maximum Gasteiger partial charge on any atom is 0.266 e. The average molecular weight is 130 g/mol. The molecule has 4 nitrogen and oxygen atoms in total. The van der Waals surface area contributed by atoms with Crippen LogP contribution in [0.15, 0.2) is 5.16 Å². The number of carbonyl (C=O) groups excluding carboxylic acids is 1. The predicted molar refractivity (Wildman–Crippen MR) is 33.9 cm³/mol. The molecule has 0 rings (SSSR count). The van der Waals surface area contributed by atoms with E-state index < -0.39 is 5.91 Å². The van der Waals surface area contributed by atoms with E-state index in [2.05, 4.69) is 9.99 Å². The fraction of sp³-hybridized carbons (Fsp3) is 0.600. The summed E-state index contributed by atoms with van der Waals surface area (Å²) in [6, 6.07) is 0. The smallest absolute Gasteiger partial charge is 0.266 e. The van der Waals surface area contributed by atoms with Crippen LogP contribution in [0.4, 0.5) is 0 Å². The molecule has 0 aromatic heterocycles. The van der Waals surface area contributed by atoms with Crippen molar-refractivity contribution >= 4 is 11.6 Å². The first-order chi connectivity index (χ1) is 4.22. The highest BCUT2D eigenvalue weighted by molar-refractivity contribution is 6.38. The summed E-state index contributed by atoms with van der Waals surface area (Å²) in [6.45, 7) is 1.78. The van der Waals surface area contributed by atoms with Gasteiger partial charge in [0.15, 0.2) is 0 Å². The molecule has 0 saturated heterocycles. The van der Waals surface area contributed by atoms with Gasteiger partial charge in [-0.1, -0.05) is 12.1 Å². The second-order valence-electron chi connectivity index (χ2n) is 1.44. The second-order valence-corrected chi connectivity index (χ2v) is 1.44. The van der Waals surface area contributed by atoms with Gasteiger partial charge in [0.25, 0.3) is 5.91 Å². The van der Waals surface area contributed by atoms with E-state index >= 15 is 0 Å². The van der Waals surface area contributed by atoms with Crippen LogP contribution in [0, 0.1) is 0 Å². The van der Waals surface area contributed by atoms with Gasteiger partial charge in [-0.25, -0.2) is 0 Å². The normalized spacial score (nSPS) is 11.1. The maximum atomic E-state index is 10.3. The Kier molecular flexibility index (Phi) is 3.43. The van der Waals surface area contributed by atoms with Gasteiger partial charge >= 0.3 is 0 Å². The highest BCUT2D eigenvalue weighted by atomic mass is 16.6. The van der Waals surface area contributed by atoms with E-state index in [-0.39, 0.29) is 5.71 Å². The molecular formula is C5H10N2O2. The molecule has 0 aliphatic rings. The molecule has 1 amide bonds. The fourth-order valence-electron chi connectivity index (χ4n) is 0.394. The van der Waals surface area contributed by atoms with E-state index in [9.17, 15) is 4.79 Å². The summed E-state index contributed by atoms with van der Waals surface area (Å²) in [5, 5.41) is 3.38. The zero-order valence-electron chi connectivity index (χ0n) is 5.55. The first-order valence-electron chi connectivity index (χ1n) is 2.62. The lowest BCUT2D eigenvalue weighted by molar-refractivity contribution is -0.112. The fourth-order valence-corrected chi connectivity index (χ4v) is 0.394. The number of nitrogens with two attached hydrogens (primary N) is 1. The number of rotatable bonds is 3. The van der Waals surface area contributed by atoms with Crippen molar-refractivity contribution in [3.8, 4) is 0 Å². The topological polar surface area (TPSA) is 64.7 Å². The Labute approximate surface area is 53.7 Å². The predicted octanol–water partition coefficient (Wildman–Crippen LogP) is -0.116. The molecule has 0 spiro atoms. The van der Waals surface area contributed by atoms with Gasteiger partial charge in [0.2, 0.25) is 0 Å². The molecule has 2 N–H and O–H groups in total. The summed E-state index contributed by atoms with van der Waals surface area (Å²) in [5.41, 5.74) is 5.15. The van der Waals surface area contributed by atoms with Crippen molar-refractivity contribution in [3.63, 3.8) is 0 Å². The van der Waals surface area contributed by atoms with Crippen LogP contribution in [-0.2, 0) is 9.63 Å². The van der Waals surface area contributed by atoms with Crippen LogP contribution < -0.4 is 5.73 Å². The summed E-state index contributed by atoms with van der Waals surface area (Å²) in [4.78, 5) is 14.7. The standard InChI is InChI=1S/C5H10N2O2/c1-3-4(5(6)8)7-9-2/h3H2,1-2H3,(H2,6,8). The van der Waals surface area contributed by atoms with Crippen LogP contribution in [0.1, 0.15) is 13.3 Å². The summed E-state index contributed by atoms with van der Waals surface area (Å²) in [7, 11) is 1.37. The van der Waals surface area contributed by atoms with Gasteiger partial charge in [-0.05, 0) is 6.42 Å². The molecule has 0 fully saturated rings. The maximum absolute atomic E-state index is 10.3. The minimum atomic E-state index is -0.528. The minimum Gasteiger partial charge on any atom is -0.399 e. The van der Waals surface area contributed by atoms with Gasteiger partial charge in [0, 0.05) is 0 Å². The SMILES string of the molecule is CCC(=NOC)C(N)=O. The van der Waals surface area contributed by atoms with Crippen molar-refractivity contribution < 1.29 is 9.63 Å². The van der Waals surface area contributed by atoms with Crippen molar-refractivity contribution in [2.45, 2.75) is 13.3 Å². The molecule has 0 saturated carbocycles. The molecule has 0 aromatic carbocycles. The molecule has 0 aromatic rings. The summed E-state index contributed by atoms with van der Waals surface area (Å²) in [6.07, 6.45) is 0.503. The van der Waals surface area contributed by atoms with Crippen LogP contribution in [-0.4, -0.2) is 18.7 Å². The lowest BCUT2D eigenvalue weighted by atomic mass is 10.3. The molecule has 4 heteroatoms. The van der Waals surface area contributed by atoms with Gasteiger partial charge in [0.05, 0.1) is 0 Å². The molecular weight excluding hydrogens is 120 g/mol. The second kappa shape index (κ2) is 3.88. The molecule has 0 radical (unpaired) electrons. The first kappa shape index (κ1) is 7.94. The van der Waals surface area contributed by atoms with E-state index in [0.717, 1.165) is 0 Å². The van der Waals surface area contributed by atoms with Crippen LogP contribution in [0.2, 0.25) is 0 Å². The van der Waals surface area contributed by atoms with Crippen LogP contribution in [0.5, 0.6) is 0 Å². The van der Waals surface area contributed by atoms with E-state index in [0.29, 0.717) is 6.42 Å². The summed E-state index contributed by atoms with van der Waals surface area (Å²) < 4.78 is 0. The van der Waals surface area contributed by atoms with E-state index in [4.69, 9.17) is 5.73 Å². The van der Waals surface area contributed by atoms with Crippen LogP contribution >= 0.6 is 0 Å². The Morgan fingerprint density at radius 1 is 1.78 bits per heavy atom. The van der Waals surface area contributed by atoms with E-state index in [1.54, 1.807) is 6.92 Å². The monoisotopic (exact) mass is 130 g/mol. The lowest BCUT2D eigenvalue weighted by Crippen LogP contribution is -2.22. The molecule has 0 aliphatic carbocycles. The van der Waals surface area contributed by atoms with Crippen molar-refractivity contribution in [1.82, 2.24) is 0 Å². The first-order valence-corrected chi connectivity index (χ1v) is 2.62. The third-order valence-electron chi connectivity index (χ3n) is 0.821. The molecule has 0 unspecified atom stereocenters. The number of primary amides is 1. The number of nitrogens with zero attached hydrogens (tertiary/aromatic N) is 1. The third-order valence-corrected chi connectivity index (χ3v) is 0.821. The third kappa shape index (κ3) is 2.69. The molecule has 0 heterocycles. The quantitative estimate of drug-likeness (QED) is 0.427. The molecule has 0 bridgehead atoms. The van der Waals surface area contributed by atoms with Gasteiger partial charge in [-0.15, -0.1) is 0 Å². The largest absolute Gasteiger partial charge is 0.399 e. The Morgan fingerprint density at radius 2 is 2.33 bits per heavy atom. The number of hydrogen-bond donors (Lipinski definition) is 1. The average Bonchev–Trinajstić information content (AvgIpc) is 1.82. The van der Waals surface area contributed by atoms with Crippen LogP contribution in [0.25, 0.3) is 0 Å². The zero-order valence-corrected chi connectivity index (χ0v) is 5.55. The number of carbonyl (C=O) groups is 1. The molecule has 52 valence electrons. The Hall–Kier alpha value is -1.06. The minimum absolute atomic E-state index is 0.262. The Bertz CT molecular complexity index is 131. The molecule has 0 atom stereocenters. The van der Waals surface area contributed by atoms with Gasteiger partial charge < -0.3 is 10.6 Å². The van der Waals surface area contributed by atoms with Gasteiger partial charge in [0.1, 0.15) is 12.8 Å². The van der Waals surface area contributed by atoms with Gasteiger partial charge in [-0.2, -0.15) is 0 Å². The zero-order chi connectivity index (χ0) is 7.28. The summed E-state index contributed by atoms with van der Waals surface area (Å²) in [5.74, 6) is -0.528. The van der Waals surface area contributed by atoms with Crippen molar-refractivity contribution in [2.75, 3.05) is 7.11 Å².